The molecule has 0 atom stereocenters. The van der Waals surface area contributed by atoms with E-state index in [1.165, 1.54) is 31.2 Å². The quantitative estimate of drug-likeness (QED) is 0.423. The summed E-state index contributed by atoms with van der Waals surface area (Å²) in [6.07, 6.45) is 11.3. The molecule has 1 aromatic heterocycles. The molecule has 1 aliphatic rings. The Morgan fingerprint density at radius 1 is 1.38 bits per heavy atom. The molecule has 1 amide bonds. The minimum Gasteiger partial charge on any atom is -0.281 e. The lowest BCUT2D eigenvalue weighted by Gasteiger charge is -2.28. The molecule has 0 N–H and O–H groups in total. The van der Waals surface area contributed by atoms with Crippen molar-refractivity contribution in [3.05, 3.63) is 37.1 Å². The lowest BCUT2D eigenvalue weighted by Crippen LogP contribution is -2.33. The largest absolute Gasteiger partial charge is 0.281 e. The summed E-state index contributed by atoms with van der Waals surface area (Å²) in [5.74, 6) is 0.494. The van der Waals surface area contributed by atoms with Gasteiger partial charge in [-0.3, -0.25) is 9.10 Å². The summed E-state index contributed by atoms with van der Waals surface area (Å²) < 4.78 is 1.92. The first kappa shape index (κ1) is 16.1. The van der Waals surface area contributed by atoms with E-state index < -0.39 is 0 Å². The lowest BCUT2D eigenvalue weighted by molar-refractivity contribution is -0.131. The van der Waals surface area contributed by atoms with Crippen LogP contribution in [0.4, 0.5) is 0 Å². The van der Waals surface area contributed by atoms with Crippen LogP contribution in [0.25, 0.3) is 0 Å². The number of carbonyl (C=O) groups excluding carboxylic acids is 1. The average molecular weight is 304 g/mol. The van der Waals surface area contributed by atoms with Crippen molar-refractivity contribution in [2.75, 3.05) is 6.54 Å². The van der Waals surface area contributed by atoms with Crippen molar-refractivity contribution in [1.82, 2.24) is 9.29 Å². The van der Waals surface area contributed by atoms with Gasteiger partial charge in [-0.25, -0.2) is 4.98 Å². The number of amides is 1. The highest BCUT2D eigenvalue weighted by Crippen LogP contribution is 2.30. The van der Waals surface area contributed by atoms with E-state index >= 15 is 0 Å². The summed E-state index contributed by atoms with van der Waals surface area (Å²) in [6.45, 7) is 4.52. The number of hydrogen-bond acceptors (Lipinski definition) is 3. The van der Waals surface area contributed by atoms with Gasteiger partial charge in [-0.15, -0.1) is 6.58 Å². The maximum atomic E-state index is 12.7. The SMILES string of the molecule is C=CCCCN(Sc1ccccn1)C(=O)C1CCCCC1. The molecule has 0 unspecified atom stereocenters. The Hall–Kier alpha value is -1.29. The summed E-state index contributed by atoms with van der Waals surface area (Å²) in [6, 6.07) is 5.82. The van der Waals surface area contributed by atoms with Crippen molar-refractivity contribution in [2.24, 2.45) is 5.92 Å². The summed E-state index contributed by atoms with van der Waals surface area (Å²) >= 11 is 1.48. The first-order chi connectivity index (χ1) is 10.3. The summed E-state index contributed by atoms with van der Waals surface area (Å²) in [5.41, 5.74) is 0. The van der Waals surface area contributed by atoms with Crippen LogP contribution in [0.1, 0.15) is 44.9 Å². The number of allylic oxidation sites excluding steroid dienone is 1. The average Bonchev–Trinajstić information content (AvgIpc) is 2.55. The van der Waals surface area contributed by atoms with Gasteiger partial charge >= 0.3 is 0 Å². The molecule has 0 aromatic carbocycles. The van der Waals surface area contributed by atoms with Crippen LogP contribution >= 0.6 is 11.9 Å². The third kappa shape index (κ3) is 5.20. The van der Waals surface area contributed by atoms with Gasteiger partial charge in [0.15, 0.2) is 0 Å². The Balaban J connectivity index is 1.99. The predicted octanol–water partition coefficient (Wildman–Crippen LogP) is 4.46. The van der Waals surface area contributed by atoms with Crippen molar-refractivity contribution < 1.29 is 4.79 Å². The van der Waals surface area contributed by atoms with E-state index in [2.05, 4.69) is 11.6 Å². The second kappa shape index (κ2) is 8.88. The maximum Gasteiger partial charge on any atom is 0.235 e. The van der Waals surface area contributed by atoms with Crippen LogP contribution in [0.5, 0.6) is 0 Å². The molecular weight excluding hydrogens is 280 g/mol. The van der Waals surface area contributed by atoms with E-state index in [-0.39, 0.29) is 11.8 Å². The molecule has 2 rings (SSSR count). The van der Waals surface area contributed by atoms with Gasteiger partial charge in [0, 0.05) is 30.6 Å². The molecular formula is C17H24N2OS. The molecule has 3 nitrogen and oxygen atoms in total. The highest BCUT2D eigenvalue weighted by atomic mass is 32.2. The number of rotatable bonds is 7. The molecule has 0 radical (unpaired) electrons. The molecule has 1 aromatic rings. The van der Waals surface area contributed by atoms with E-state index in [4.69, 9.17) is 0 Å². The number of hydrogen-bond donors (Lipinski definition) is 0. The fraction of sp³-hybridized carbons (Fsp3) is 0.529. The number of unbranched alkanes of at least 4 members (excludes halogenated alkanes) is 1. The predicted molar refractivity (Wildman–Crippen MR) is 87.8 cm³/mol. The molecule has 1 fully saturated rings. The second-order valence-electron chi connectivity index (χ2n) is 5.47. The highest BCUT2D eigenvalue weighted by molar-refractivity contribution is 7.97. The van der Waals surface area contributed by atoms with Crippen molar-refractivity contribution in [1.29, 1.82) is 0 Å². The summed E-state index contributed by atoms with van der Waals surface area (Å²) in [4.78, 5) is 17.1. The number of aromatic nitrogens is 1. The van der Waals surface area contributed by atoms with E-state index in [0.29, 0.717) is 0 Å². The molecule has 0 saturated heterocycles. The van der Waals surface area contributed by atoms with E-state index in [1.807, 2.05) is 28.6 Å². The van der Waals surface area contributed by atoms with E-state index in [1.54, 1.807) is 6.20 Å². The van der Waals surface area contributed by atoms with Crippen molar-refractivity contribution >= 4 is 17.9 Å². The molecule has 1 saturated carbocycles. The number of carbonyl (C=O) groups is 1. The zero-order valence-corrected chi connectivity index (χ0v) is 13.4. The Labute approximate surface area is 132 Å². The minimum absolute atomic E-state index is 0.207. The molecule has 21 heavy (non-hydrogen) atoms. The lowest BCUT2D eigenvalue weighted by atomic mass is 9.88. The van der Waals surface area contributed by atoms with Crippen molar-refractivity contribution in [2.45, 2.75) is 50.0 Å². The fourth-order valence-corrected chi connectivity index (χ4v) is 3.58. The van der Waals surface area contributed by atoms with Crippen LogP contribution in [0.3, 0.4) is 0 Å². The second-order valence-corrected chi connectivity index (χ2v) is 6.51. The first-order valence-corrected chi connectivity index (χ1v) is 8.60. The van der Waals surface area contributed by atoms with Gasteiger partial charge in [0.05, 0.1) is 0 Å². The third-order valence-electron chi connectivity index (χ3n) is 3.81. The van der Waals surface area contributed by atoms with Gasteiger partial charge in [-0.2, -0.15) is 0 Å². The Morgan fingerprint density at radius 2 is 2.19 bits per heavy atom. The van der Waals surface area contributed by atoms with Crippen LogP contribution in [0.15, 0.2) is 42.1 Å². The minimum atomic E-state index is 0.207. The van der Waals surface area contributed by atoms with E-state index in [0.717, 1.165) is 37.3 Å². The maximum absolute atomic E-state index is 12.7. The Kier molecular flexibility index (Phi) is 6.80. The normalized spacial score (nSPS) is 15.6. The number of nitrogens with zero attached hydrogens (tertiary/aromatic N) is 2. The molecule has 114 valence electrons. The fourth-order valence-electron chi connectivity index (χ4n) is 2.65. The molecule has 0 aliphatic heterocycles. The highest BCUT2D eigenvalue weighted by Gasteiger charge is 2.26. The summed E-state index contributed by atoms with van der Waals surface area (Å²) in [5, 5.41) is 0.889. The first-order valence-electron chi connectivity index (χ1n) is 7.82. The van der Waals surface area contributed by atoms with Crippen LogP contribution < -0.4 is 0 Å². The van der Waals surface area contributed by atoms with Gasteiger partial charge in [0.25, 0.3) is 0 Å². The topological polar surface area (TPSA) is 33.2 Å². The van der Waals surface area contributed by atoms with Gasteiger partial charge in [0.2, 0.25) is 5.91 Å². The number of pyridine rings is 1. The Bertz CT molecular complexity index is 443. The van der Waals surface area contributed by atoms with Crippen LogP contribution in [0, 0.1) is 5.92 Å². The third-order valence-corrected chi connectivity index (χ3v) is 4.82. The van der Waals surface area contributed by atoms with Crippen LogP contribution in [-0.2, 0) is 4.79 Å². The van der Waals surface area contributed by atoms with Gasteiger partial charge in [-0.05, 0) is 37.8 Å². The molecule has 0 bridgehead atoms. The monoisotopic (exact) mass is 304 g/mol. The van der Waals surface area contributed by atoms with Gasteiger partial charge in [-0.1, -0.05) is 31.4 Å². The Morgan fingerprint density at radius 3 is 2.86 bits per heavy atom. The van der Waals surface area contributed by atoms with Crippen LogP contribution in [-0.4, -0.2) is 21.7 Å². The zero-order chi connectivity index (χ0) is 14.9. The standard InChI is InChI=1S/C17H24N2OS/c1-2-3-9-14-19(21-16-12-7-8-13-18-16)17(20)15-10-5-4-6-11-15/h2,7-8,12-13,15H,1,3-6,9-11,14H2. The van der Waals surface area contributed by atoms with Gasteiger partial charge in [0.1, 0.15) is 5.03 Å². The molecule has 1 aliphatic carbocycles. The summed E-state index contributed by atoms with van der Waals surface area (Å²) in [7, 11) is 0. The molecule has 0 spiro atoms. The molecule has 4 heteroatoms. The van der Waals surface area contributed by atoms with Gasteiger partial charge < -0.3 is 0 Å². The van der Waals surface area contributed by atoms with Crippen molar-refractivity contribution in [3.63, 3.8) is 0 Å². The smallest absolute Gasteiger partial charge is 0.235 e. The molecule has 1 heterocycles. The van der Waals surface area contributed by atoms with Crippen molar-refractivity contribution in [3.8, 4) is 0 Å². The van der Waals surface area contributed by atoms with E-state index in [9.17, 15) is 4.79 Å². The zero-order valence-electron chi connectivity index (χ0n) is 12.5. The van der Waals surface area contributed by atoms with Crippen LogP contribution in [0.2, 0.25) is 0 Å².